The first-order valence-electron chi connectivity index (χ1n) is 11.6. The summed E-state index contributed by atoms with van der Waals surface area (Å²) in [5.74, 6) is -2.11. The lowest BCUT2D eigenvalue weighted by molar-refractivity contribution is -0.179. The molecule has 0 spiro atoms. The van der Waals surface area contributed by atoms with Gasteiger partial charge < -0.3 is 20.0 Å². The van der Waals surface area contributed by atoms with Crippen molar-refractivity contribution in [3.8, 4) is 0 Å². The van der Waals surface area contributed by atoms with E-state index in [4.69, 9.17) is 0 Å². The van der Waals surface area contributed by atoms with E-state index in [1.165, 1.54) is 12.8 Å². The summed E-state index contributed by atoms with van der Waals surface area (Å²) in [6.45, 7) is 5.42. The maximum Gasteiger partial charge on any atom is 0.311 e. The summed E-state index contributed by atoms with van der Waals surface area (Å²) in [6.07, 6.45) is 12.7. The van der Waals surface area contributed by atoms with Crippen LogP contribution in [0.1, 0.15) is 57.8 Å². The highest BCUT2D eigenvalue weighted by molar-refractivity contribution is 5.89. The molecule has 2 aliphatic heterocycles. The van der Waals surface area contributed by atoms with E-state index < -0.39 is 22.8 Å². The molecule has 2 heterocycles. The summed E-state index contributed by atoms with van der Waals surface area (Å²) in [6, 6.07) is 0. The quantitative estimate of drug-likeness (QED) is 0.605. The van der Waals surface area contributed by atoms with Gasteiger partial charge in [-0.2, -0.15) is 0 Å². The van der Waals surface area contributed by atoms with Crippen molar-refractivity contribution in [1.82, 2.24) is 9.80 Å². The van der Waals surface area contributed by atoms with Crippen molar-refractivity contribution in [2.75, 3.05) is 39.3 Å². The van der Waals surface area contributed by atoms with E-state index >= 15 is 0 Å². The van der Waals surface area contributed by atoms with Gasteiger partial charge in [-0.1, -0.05) is 25.0 Å². The number of carbonyl (C=O) groups is 2. The highest BCUT2D eigenvalue weighted by Crippen LogP contribution is 2.67. The Morgan fingerprint density at radius 3 is 1.45 bits per heavy atom. The van der Waals surface area contributed by atoms with Crippen LogP contribution in [0.25, 0.3) is 0 Å². The van der Waals surface area contributed by atoms with Gasteiger partial charge in [-0.25, -0.2) is 0 Å². The van der Waals surface area contributed by atoms with E-state index in [9.17, 15) is 19.8 Å². The molecule has 0 amide bonds. The first-order chi connectivity index (χ1) is 14.0. The van der Waals surface area contributed by atoms with Crippen LogP contribution in [0.3, 0.4) is 0 Å². The van der Waals surface area contributed by atoms with Gasteiger partial charge in [-0.15, -0.1) is 0 Å². The zero-order valence-electron chi connectivity index (χ0n) is 17.5. The molecule has 0 aromatic rings. The Labute approximate surface area is 173 Å². The van der Waals surface area contributed by atoms with Crippen molar-refractivity contribution in [2.24, 2.45) is 22.7 Å². The van der Waals surface area contributed by atoms with Crippen LogP contribution < -0.4 is 0 Å². The number of carboxylic acid groups (broad SMARTS) is 2. The molecular weight excluding hydrogens is 368 g/mol. The molecular formula is C23H36N2O4. The second kappa shape index (κ2) is 8.38. The summed E-state index contributed by atoms with van der Waals surface area (Å²) in [5, 5.41) is 21.0. The van der Waals surface area contributed by atoms with Crippen molar-refractivity contribution in [3.63, 3.8) is 0 Å². The van der Waals surface area contributed by atoms with Crippen LogP contribution in [0.2, 0.25) is 0 Å². The number of hydrogen-bond acceptors (Lipinski definition) is 4. The fourth-order valence-corrected chi connectivity index (χ4v) is 6.86. The summed E-state index contributed by atoms with van der Waals surface area (Å²) in [5.41, 5.74) is -2.38. The van der Waals surface area contributed by atoms with Crippen molar-refractivity contribution >= 4 is 11.9 Å². The molecule has 4 unspecified atom stereocenters. The highest BCUT2D eigenvalue weighted by atomic mass is 16.4. The molecule has 4 rings (SSSR count). The van der Waals surface area contributed by atoms with Gasteiger partial charge in [0, 0.05) is 0 Å². The van der Waals surface area contributed by atoms with E-state index in [-0.39, 0.29) is 11.8 Å². The number of rotatable bonds is 8. The zero-order chi connectivity index (χ0) is 20.5. The van der Waals surface area contributed by atoms with Gasteiger partial charge in [0.2, 0.25) is 0 Å². The average molecular weight is 405 g/mol. The molecule has 162 valence electrons. The monoisotopic (exact) mass is 404 g/mol. The van der Waals surface area contributed by atoms with Crippen LogP contribution in [-0.4, -0.2) is 71.2 Å². The molecule has 4 atom stereocenters. The fraction of sp³-hybridized carbons (Fsp3) is 0.826. The Morgan fingerprint density at radius 1 is 0.724 bits per heavy atom. The summed E-state index contributed by atoms with van der Waals surface area (Å²) in [4.78, 5) is 30.4. The molecule has 4 aliphatic rings. The number of carboxylic acids is 2. The van der Waals surface area contributed by atoms with Gasteiger partial charge >= 0.3 is 11.9 Å². The Bertz CT molecular complexity index is 599. The van der Waals surface area contributed by atoms with Gasteiger partial charge in [0.05, 0.1) is 10.8 Å². The van der Waals surface area contributed by atoms with E-state index in [2.05, 4.69) is 9.80 Å². The molecule has 6 heteroatoms. The van der Waals surface area contributed by atoms with Gasteiger partial charge in [-0.05, 0) is 96.1 Å². The lowest BCUT2D eigenvalue weighted by Gasteiger charge is -2.48. The van der Waals surface area contributed by atoms with E-state index in [1.54, 1.807) is 0 Å². The normalized spacial score (nSPS) is 37.8. The summed E-state index contributed by atoms with van der Waals surface area (Å²) in [7, 11) is 0. The highest BCUT2D eigenvalue weighted by Gasteiger charge is 2.72. The van der Waals surface area contributed by atoms with E-state index in [0.717, 1.165) is 51.9 Å². The third-order valence-corrected chi connectivity index (χ3v) is 8.45. The van der Waals surface area contributed by atoms with E-state index in [1.807, 2.05) is 12.2 Å². The minimum absolute atomic E-state index is 0.160. The standard InChI is InChI=1S/C23H36N2O4/c26-20(27)22(9-15-24-11-3-1-4-12-24)18-7-8-19(17-18)23(22,21(28)29)10-16-25-13-5-2-6-14-25/h7-8,18-19H,1-6,9-17H2,(H,26,27)(H,28,29). The number of allylic oxidation sites excluding steroid dienone is 2. The van der Waals surface area contributed by atoms with Gasteiger partial charge in [0.15, 0.2) is 0 Å². The summed E-state index contributed by atoms with van der Waals surface area (Å²) >= 11 is 0. The number of fused-ring (bicyclic) bond motifs is 2. The Balaban J connectivity index is 1.61. The molecule has 0 aromatic carbocycles. The van der Waals surface area contributed by atoms with Crippen LogP contribution in [0, 0.1) is 22.7 Å². The number of piperidine rings is 2. The molecule has 6 nitrogen and oxygen atoms in total. The third-order valence-electron chi connectivity index (χ3n) is 8.45. The average Bonchev–Trinajstić information content (AvgIpc) is 3.32. The smallest absolute Gasteiger partial charge is 0.311 e. The Kier molecular flexibility index (Phi) is 6.03. The molecule has 2 bridgehead atoms. The molecule has 2 saturated heterocycles. The lowest BCUT2D eigenvalue weighted by Crippen LogP contribution is -2.57. The molecule has 0 radical (unpaired) electrons. The molecule has 1 saturated carbocycles. The van der Waals surface area contributed by atoms with Gasteiger partial charge in [0.25, 0.3) is 0 Å². The predicted molar refractivity (Wildman–Crippen MR) is 111 cm³/mol. The molecule has 2 aliphatic carbocycles. The van der Waals surface area contributed by atoms with Gasteiger partial charge in [-0.3, -0.25) is 9.59 Å². The van der Waals surface area contributed by atoms with Crippen LogP contribution >= 0.6 is 0 Å². The zero-order valence-corrected chi connectivity index (χ0v) is 17.5. The number of likely N-dealkylation sites (tertiary alicyclic amines) is 2. The number of nitrogens with zero attached hydrogens (tertiary/aromatic N) is 2. The predicted octanol–water partition coefficient (Wildman–Crippen LogP) is 3.09. The van der Waals surface area contributed by atoms with E-state index in [0.29, 0.717) is 32.4 Å². The lowest BCUT2D eigenvalue weighted by atomic mass is 9.54. The maximum absolute atomic E-state index is 12.8. The second-order valence-electron chi connectivity index (χ2n) is 9.69. The van der Waals surface area contributed by atoms with Crippen LogP contribution in [0.15, 0.2) is 12.2 Å². The largest absolute Gasteiger partial charge is 0.481 e. The van der Waals surface area contributed by atoms with Crippen molar-refractivity contribution in [2.45, 2.75) is 57.8 Å². The van der Waals surface area contributed by atoms with Crippen LogP contribution in [-0.2, 0) is 9.59 Å². The van der Waals surface area contributed by atoms with Crippen molar-refractivity contribution < 1.29 is 19.8 Å². The minimum atomic E-state index is -1.19. The third kappa shape index (κ3) is 3.42. The second-order valence-corrected chi connectivity index (χ2v) is 9.69. The molecule has 3 fully saturated rings. The number of aliphatic carboxylic acids is 2. The van der Waals surface area contributed by atoms with Crippen molar-refractivity contribution in [1.29, 1.82) is 0 Å². The molecule has 29 heavy (non-hydrogen) atoms. The first kappa shape index (κ1) is 20.9. The first-order valence-corrected chi connectivity index (χ1v) is 11.6. The minimum Gasteiger partial charge on any atom is -0.481 e. The maximum atomic E-state index is 12.8. The Hall–Kier alpha value is -1.40. The molecule has 2 N–H and O–H groups in total. The van der Waals surface area contributed by atoms with Crippen molar-refractivity contribution in [3.05, 3.63) is 12.2 Å². The SMILES string of the molecule is O=C(O)C1(CCN2CCCCC2)C2C=CC(C2)C1(CCN1CCCCC1)C(=O)O. The molecule has 0 aromatic heterocycles. The topological polar surface area (TPSA) is 81.1 Å². The van der Waals surface area contributed by atoms with Crippen LogP contribution in [0.4, 0.5) is 0 Å². The van der Waals surface area contributed by atoms with Gasteiger partial charge in [0.1, 0.15) is 0 Å². The van der Waals surface area contributed by atoms with Crippen LogP contribution in [0.5, 0.6) is 0 Å². The fourth-order valence-electron chi connectivity index (χ4n) is 6.86. The number of hydrogen-bond donors (Lipinski definition) is 2. The summed E-state index contributed by atoms with van der Waals surface area (Å²) < 4.78 is 0. The Morgan fingerprint density at radius 2 is 1.10 bits per heavy atom.